The first-order valence-electron chi connectivity index (χ1n) is 6.39. The molecule has 2 unspecified atom stereocenters. The van der Waals surface area contributed by atoms with Crippen LogP contribution in [0, 0.1) is 0 Å². The van der Waals surface area contributed by atoms with Crippen molar-refractivity contribution in [1.82, 2.24) is 20.1 Å². The highest BCUT2D eigenvalue weighted by molar-refractivity contribution is 5.15. The third-order valence-electron chi connectivity index (χ3n) is 3.16. The maximum absolute atomic E-state index is 4.30. The zero-order chi connectivity index (χ0) is 13.0. The number of aryl methyl sites for hydroxylation is 1. The summed E-state index contributed by atoms with van der Waals surface area (Å²) in [4.78, 5) is 4.15. The molecule has 0 bridgehead atoms. The fourth-order valence-corrected chi connectivity index (χ4v) is 1.98. The van der Waals surface area contributed by atoms with E-state index in [1.54, 1.807) is 6.20 Å². The largest absolute Gasteiger partial charge is 0.303 e. The molecule has 0 saturated carbocycles. The molecule has 96 valence electrons. The number of hydrogen-bond donors (Lipinski definition) is 1. The Morgan fingerprint density at radius 2 is 2.00 bits per heavy atom. The Morgan fingerprint density at radius 1 is 1.22 bits per heavy atom. The van der Waals surface area contributed by atoms with E-state index < -0.39 is 0 Å². The lowest BCUT2D eigenvalue weighted by atomic mass is 10.1. The van der Waals surface area contributed by atoms with Crippen molar-refractivity contribution >= 4 is 0 Å². The van der Waals surface area contributed by atoms with Crippen LogP contribution in [0.3, 0.4) is 0 Å². The van der Waals surface area contributed by atoms with E-state index in [0.717, 1.165) is 6.54 Å². The van der Waals surface area contributed by atoms with Gasteiger partial charge in [-0.25, -0.2) is 0 Å². The summed E-state index contributed by atoms with van der Waals surface area (Å²) in [6, 6.07) is 4.61. The van der Waals surface area contributed by atoms with Gasteiger partial charge in [0.2, 0.25) is 0 Å². The summed E-state index contributed by atoms with van der Waals surface area (Å²) < 4.78 is 1.95. The van der Waals surface area contributed by atoms with E-state index in [0.29, 0.717) is 0 Å². The highest BCUT2D eigenvalue weighted by atomic mass is 15.3. The minimum Gasteiger partial charge on any atom is -0.303 e. The molecular weight excluding hydrogens is 224 g/mol. The first-order valence-corrected chi connectivity index (χ1v) is 6.39. The van der Waals surface area contributed by atoms with Gasteiger partial charge in [0, 0.05) is 42.8 Å². The molecule has 0 aliphatic rings. The van der Waals surface area contributed by atoms with Crippen LogP contribution in [0.15, 0.2) is 36.9 Å². The monoisotopic (exact) mass is 244 g/mol. The van der Waals surface area contributed by atoms with E-state index in [1.165, 1.54) is 11.1 Å². The molecule has 2 rings (SSSR count). The SMILES string of the molecule is CCn1cc(C(C)NC(C)c2cccnc2)cn1. The maximum atomic E-state index is 4.30. The topological polar surface area (TPSA) is 42.7 Å². The Bertz CT molecular complexity index is 478. The van der Waals surface area contributed by atoms with Crippen molar-refractivity contribution < 1.29 is 0 Å². The van der Waals surface area contributed by atoms with E-state index in [1.807, 2.05) is 23.1 Å². The summed E-state index contributed by atoms with van der Waals surface area (Å²) in [7, 11) is 0. The molecule has 0 aliphatic heterocycles. The summed E-state index contributed by atoms with van der Waals surface area (Å²) in [6.45, 7) is 7.31. The zero-order valence-corrected chi connectivity index (χ0v) is 11.2. The molecule has 4 nitrogen and oxygen atoms in total. The van der Waals surface area contributed by atoms with Gasteiger partial charge in [-0.1, -0.05) is 6.07 Å². The van der Waals surface area contributed by atoms with E-state index in [9.17, 15) is 0 Å². The molecule has 0 aromatic carbocycles. The predicted molar refractivity (Wildman–Crippen MR) is 72.1 cm³/mol. The molecule has 0 aliphatic carbocycles. The lowest BCUT2D eigenvalue weighted by Gasteiger charge is -2.19. The third-order valence-corrected chi connectivity index (χ3v) is 3.16. The van der Waals surface area contributed by atoms with E-state index in [2.05, 4.69) is 48.4 Å². The van der Waals surface area contributed by atoms with Crippen molar-refractivity contribution in [2.24, 2.45) is 0 Å². The van der Waals surface area contributed by atoms with Crippen LogP contribution in [0.25, 0.3) is 0 Å². The number of aromatic nitrogens is 3. The average Bonchev–Trinajstić information content (AvgIpc) is 2.88. The Morgan fingerprint density at radius 3 is 2.61 bits per heavy atom. The minimum atomic E-state index is 0.277. The highest BCUT2D eigenvalue weighted by Crippen LogP contribution is 2.18. The normalized spacial score (nSPS) is 14.4. The van der Waals surface area contributed by atoms with Crippen LogP contribution in [0.4, 0.5) is 0 Å². The average molecular weight is 244 g/mol. The van der Waals surface area contributed by atoms with Crippen molar-refractivity contribution in [1.29, 1.82) is 0 Å². The number of hydrogen-bond acceptors (Lipinski definition) is 3. The zero-order valence-electron chi connectivity index (χ0n) is 11.2. The molecule has 2 aromatic rings. The van der Waals surface area contributed by atoms with Crippen molar-refractivity contribution in [3.05, 3.63) is 48.0 Å². The number of rotatable bonds is 5. The Kier molecular flexibility index (Phi) is 4.10. The van der Waals surface area contributed by atoms with Crippen LogP contribution in [-0.4, -0.2) is 14.8 Å². The molecule has 4 heteroatoms. The van der Waals surface area contributed by atoms with Gasteiger partial charge in [0.25, 0.3) is 0 Å². The van der Waals surface area contributed by atoms with Gasteiger partial charge < -0.3 is 5.32 Å². The van der Waals surface area contributed by atoms with E-state index >= 15 is 0 Å². The summed E-state index contributed by atoms with van der Waals surface area (Å²) in [5.74, 6) is 0. The summed E-state index contributed by atoms with van der Waals surface area (Å²) in [5, 5.41) is 7.86. The van der Waals surface area contributed by atoms with Gasteiger partial charge in [-0.15, -0.1) is 0 Å². The van der Waals surface area contributed by atoms with Crippen LogP contribution >= 0.6 is 0 Å². The molecule has 0 spiro atoms. The molecule has 0 radical (unpaired) electrons. The molecule has 18 heavy (non-hydrogen) atoms. The first kappa shape index (κ1) is 12.8. The smallest absolute Gasteiger partial charge is 0.0537 e. The molecule has 2 heterocycles. The third kappa shape index (κ3) is 2.96. The number of nitrogens with zero attached hydrogens (tertiary/aromatic N) is 3. The Hall–Kier alpha value is -1.68. The molecule has 2 atom stereocenters. The molecular formula is C14H20N4. The van der Waals surface area contributed by atoms with Gasteiger partial charge in [0.05, 0.1) is 6.20 Å². The Balaban J connectivity index is 2.01. The van der Waals surface area contributed by atoms with Gasteiger partial charge >= 0.3 is 0 Å². The standard InChI is InChI=1S/C14H20N4/c1-4-18-10-14(9-16-18)12(3)17-11(2)13-6-5-7-15-8-13/h5-12,17H,4H2,1-3H3. The second kappa shape index (κ2) is 5.78. The van der Waals surface area contributed by atoms with Crippen LogP contribution in [0.2, 0.25) is 0 Å². The second-order valence-corrected chi connectivity index (χ2v) is 4.53. The summed E-state index contributed by atoms with van der Waals surface area (Å²) in [5.41, 5.74) is 2.42. The van der Waals surface area contributed by atoms with Crippen molar-refractivity contribution in [3.63, 3.8) is 0 Å². The van der Waals surface area contributed by atoms with Gasteiger partial charge in [0.15, 0.2) is 0 Å². The molecule has 2 aromatic heterocycles. The summed E-state index contributed by atoms with van der Waals surface area (Å²) in [6.07, 6.45) is 7.72. The first-order chi connectivity index (χ1) is 8.70. The lowest BCUT2D eigenvalue weighted by molar-refractivity contribution is 0.493. The van der Waals surface area contributed by atoms with Gasteiger partial charge in [-0.05, 0) is 32.4 Å². The minimum absolute atomic E-state index is 0.277. The lowest BCUT2D eigenvalue weighted by Crippen LogP contribution is -2.22. The van der Waals surface area contributed by atoms with Crippen molar-refractivity contribution in [2.45, 2.75) is 39.4 Å². The molecule has 0 saturated heterocycles. The fraction of sp³-hybridized carbons (Fsp3) is 0.429. The van der Waals surface area contributed by atoms with Crippen LogP contribution < -0.4 is 5.32 Å². The molecule has 0 amide bonds. The highest BCUT2D eigenvalue weighted by Gasteiger charge is 2.12. The van der Waals surface area contributed by atoms with Gasteiger partial charge in [-0.3, -0.25) is 9.67 Å². The van der Waals surface area contributed by atoms with Crippen molar-refractivity contribution in [3.8, 4) is 0 Å². The van der Waals surface area contributed by atoms with Crippen LogP contribution in [0.1, 0.15) is 44.0 Å². The second-order valence-electron chi connectivity index (χ2n) is 4.53. The summed E-state index contributed by atoms with van der Waals surface area (Å²) >= 11 is 0. The number of nitrogens with one attached hydrogen (secondary N) is 1. The van der Waals surface area contributed by atoms with E-state index in [4.69, 9.17) is 0 Å². The quantitative estimate of drug-likeness (QED) is 0.879. The number of pyridine rings is 1. The predicted octanol–water partition coefficient (Wildman–Crippen LogP) is 2.71. The van der Waals surface area contributed by atoms with Crippen LogP contribution in [-0.2, 0) is 6.54 Å². The fourth-order valence-electron chi connectivity index (χ4n) is 1.98. The molecule has 0 fully saturated rings. The molecule has 1 N–H and O–H groups in total. The maximum Gasteiger partial charge on any atom is 0.0537 e. The van der Waals surface area contributed by atoms with E-state index in [-0.39, 0.29) is 12.1 Å². The van der Waals surface area contributed by atoms with Crippen molar-refractivity contribution in [2.75, 3.05) is 0 Å². The Labute approximate surface area is 108 Å². The van der Waals surface area contributed by atoms with Gasteiger partial charge in [0.1, 0.15) is 0 Å². The van der Waals surface area contributed by atoms with Gasteiger partial charge in [-0.2, -0.15) is 5.10 Å². The van der Waals surface area contributed by atoms with Crippen LogP contribution in [0.5, 0.6) is 0 Å².